The minimum Gasteiger partial charge on any atom is -0.464 e. The van der Waals surface area contributed by atoms with Crippen LogP contribution in [0.5, 0.6) is 0 Å². The van der Waals surface area contributed by atoms with Gasteiger partial charge in [-0.1, -0.05) is 30.3 Å². The van der Waals surface area contributed by atoms with E-state index in [0.29, 0.717) is 32.5 Å². The number of thiocarbonyl (C=S) groups is 1. The summed E-state index contributed by atoms with van der Waals surface area (Å²) < 4.78 is 61.6. The SMILES string of the molecule is CC1=C(C(=O)OC(C)C)[C@H](c2ccccc2C(F)(F)F)N(C2CCN(Cc3ccc(F)cc3)CC2)C(=S)N1C(=O)O.Cl. The lowest BCUT2D eigenvalue weighted by atomic mass is 9.87. The van der Waals surface area contributed by atoms with E-state index in [1.165, 1.54) is 42.2 Å². The molecule has 1 N–H and O–H groups in total. The maximum atomic E-state index is 14.3. The molecule has 1 atom stereocenters. The first-order chi connectivity index (χ1) is 19.3. The Morgan fingerprint density at radius 1 is 1.07 bits per heavy atom. The van der Waals surface area contributed by atoms with Crippen molar-refractivity contribution in [3.8, 4) is 0 Å². The average Bonchev–Trinajstić information content (AvgIpc) is 2.89. The summed E-state index contributed by atoms with van der Waals surface area (Å²) in [7, 11) is 0. The maximum absolute atomic E-state index is 14.3. The van der Waals surface area contributed by atoms with Gasteiger partial charge in [-0.05, 0) is 75.2 Å². The number of hydrogen-bond donors (Lipinski definition) is 1. The monoisotopic (exact) mass is 629 g/mol. The number of carbonyl (C=O) groups is 2. The Morgan fingerprint density at radius 2 is 1.67 bits per heavy atom. The van der Waals surface area contributed by atoms with E-state index >= 15 is 0 Å². The smallest absolute Gasteiger partial charge is 0.418 e. The first-order valence-electron chi connectivity index (χ1n) is 13.2. The van der Waals surface area contributed by atoms with Gasteiger partial charge in [0.25, 0.3) is 0 Å². The molecule has 7 nitrogen and oxygen atoms in total. The van der Waals surface area contributed by atoms with Gasteiger partial charge in [-0.3, -0.25) is 4.90 Å². The predicted octanol–water partition coefficient (Wildman–Crippen LogP) is 6.78. The Bertz CT molecular complexity index is 1350. The highest BCUT2D eigenvalue weighted by Crippen LogP contribution is 2.45. The molecule has 0 saturated carbocycles. The molecule has 2 heterocycles. The van der Waals surface area contributed by atoms with Crippen LogP contribution >= 0.6 is 24.6 Å². The van der Waals surface area contributed by atoms with Crippen LogP contribution in [0.15, 0.2) is 59.8 Å². The normalized spacial score (nSPS) is 18.8. The van der Waals surface area contributed by atoms with Crippen molar-refractivity contribution in [2.45, 2.75) is 64.5 Å². The molecule has 2 aromatic rings. The van der Waals surface area contributed by atoms with E-state index in [4.69, 9.17) is 17.0 Å². The molecular weight excluding hydrogens is 598 g/mol. The van der Waals surface area contributed by atoms with Gasteiger partial charge in [-0.25, -0.2) is 18.9 Å². The van der Waals surface area contributed by atoms with Crippen molar-refractivity contribution in [1.82, 2.24) is 14.7 Å². The minimum atomic E-state index is -4.74. The molecule has 0 spiro atoms. The van der Waals surface area contributed by atoms with Gasteiger partial charge in [0.05, 0.1) is 23.3 Å². The molecule has 228 valence electrons. The number of likely N-dealkylation sites (tertiary alicyclic amines) is 1. The van der Waals surface area contributed by atoms with Crippen LogP contribution in [0, 0.1) is 5.82 Å². The Kier molecular flexibility index (Phi) is 10.6. The van der Waals surface area contributed by atoms with Crippen LogP contribution < -0.4 is 0 Å². The van der Waals surface area contributed by atoms with E-state index in [-0.39, 0.29) is 40.2 Å². The lowest BCUT2D eigenvalue weighted by Gasteiger charge is -2.49. The van der Waals surface area contributed by atoms with Crippen molar-refractivity contribution in [3.05, 3.63) is 82.3 Å². The lowest BCUT2D eigenvalue weighted by Crippen LogP contribution is -2.57. The number of esters is 1. The molecule has 2 aliphatic rings. The number of alkyl halides is 3. The van der Waals surface area contributed by atoms with Gasteiger partial charge in [0.15, 0.2) is 5.11 Å². The fourth-order valence-electron chi connectivity index (χ4n) is 5.46. The van der Waals surface area contributed by atoms with Gasteiger partial charge in [0, 0.05) is 31.4 Å². The number of amides is 1. The highest BCUT2D eigenvalue weighted by Gasteiger charge is 2.48. The third kappa shape index (κ3) is 7.04. The first kappa shape index (κ1) is 33.3. The van der Waals surface area contributed by atoms with E-state index in [1.807, 2.05) is 0 Å². The van der Waals surface area contributed by atoms with Gasteiger partial charge >= 0.3 is 18.2 Å². The summed E-state index contributed by atoms with van der Waals surface area (Å²) in [6, 6.07) is 9.27. The van der Waals surface area contributed by atoms with E-state index in [0.717, 1.165) is 16.5 Å². The number of ether oxygens (including phenoxy) is 1. The third-order valence-corrected chi connectivity index (χ3v) is 7.67. The molecule has 1 fully saturated rings. The second-order valence-corrected chi connectivity index (χ2v) is 10.7. The van der Waals surface area contributed by atoms with E-state index in [2.05, 4.69) is 4.90 Å². The van der Waals surface area contributed by atoms with Gasteiger partial charge < -0.3 is 14.7 Å². The Morgan fingerprint density at radius 3 is 2.21 bits per heavy atom. The molecule has 2 aliphatic heterocycles. The van der Waals surface area contributed by atoms with E-state index < -0.39 is 42.0 Å². The van der Waals surface area contributed by atoms with Crippen LogP contribution in [0.1, 0.15) is 56.3 Å². The van der Waals surface area contributed by atoms with Gasteiger partial charge in [0.2, 0.25) is 0 Å². The largest absolute Gasteiger partial charge is 0.464 e. The molecule has 0 unspecified atom stereocenters. The van der Waals surface area contributed by atoms with Crippen molar-refractivity contribution >= 4 is 41.8 Å². The second kappa shape index (κ2) is 13.4. The van der Waals surface area contributed by atoms with Crippen LogP contribution in [-0.4, -0.2) is 62.2 Å². The van der Waals surface area contributed by atoms with Crippen molar-refractivity contribution in [3.63, 3.8) is 0 Å². The molecule has 0 aromatic heterocycles. The van der Waals surface area contributed by atoms with Crippen LogP contribution in [0.3, 0.4) is 0 Å². The zero-order valence-electron chi connectivity index (χ0n) is 23.2. The lowest BCUT2D eigenvalue weighted by molar-refractivity contribution is -0.145. The molecule has 0 bridgehead atoms. The summed E-state index contributed by atoms with van der Waals surface area (Å²) in [5.41, 5.74) is -0.556. The Labute approximate surface area is 253 Å². The summed E-state index contributed by atoms with van der Waals surface area (Å²) >= 11 is 5.62. The van der Waals surface area contributed by atoms with Crippen molar-refractivity contribution < 1.29 is 37.0 Å². The van der Waals surface area contributed by atoms with E-state index in [1.54, 1.807) is 26.0 Å². The summed E-state index contributed by atoms with van der Waals surface area (Å²) in [6.45, 7) is 6.15. The fraction of sp³-hybridized carbons (Fsp3) is 0.414. The molecule has 2 aromatic carbocycles. The van der Waals surface area contributed by atoms with E-state index in [9.17, 15) is 32.3 Å². The highest BCUT2D eigenvalue weighted by atomic mass is 35.5. The molecule has 4 rings (SSSR count). The predicted molar refractivity (Wildman–Crippen MR) is 154 cm³/mol. The summed E-state index contributed by atoms with van der Waals surface area (Å²) in [5.74, 6) is -1.25. The average molecular weight is 630 g/mol. The van der Waals surface area contributed by atoms with Crippen molar-refractivity contribution in [2.24, 2.45) is 0 Å². The van der Waals surface area contributed by atoms with Crippen LogP contribution in [-0.2, 0) is 22.3 Å². The zero-order valence-corrected chi connectivity index (χ0v) is 24.9. The second-order valence-electron chi connectivity index (χ2n) is 10.4. The van der Waals surface area contributed by atoms with Gasteiger partial charge in [0.1, 0.15) is 5.82 Å². The quantitative estimate of drug-likeness (QED) is 0.215. The number of carboxylic acid groups (broad SMARTS) is 1. The first-order valence-corrected chi connectivity index (χ1v) is 13.6. The Balaban J connectivity index is 0.00000484. The van der Waals surface area contributed by atoms with Crippen molar-refractivity contribution in [2.75, 3.05) is 13.1 Å². The summed E-state index contributed by atoms with van der Waals surface area (Å²) in [5, 5.41) is 9.85. The maximum Gasteiger partial charge on any atom is 0.418 e. The number of hydrogen-bond acceptors (Lipinski definition) is 5. The molecule has 1 saturated heterocycles. The number of allylic oxidation sites excluding steroid dienone is 1. The summed E-state index contributed by atoms with van der Waals surface area (Å²) in [4.78, 5) is 30.2. The molecule has 0 aliphatic carbocycles. The number of benzene rings is 2. The molecular formula is C29H32ClF4N3O4S. The van der Waals surface area contributed by atoms with Crippen LogP contribution in [0.4, 0.5) is 22.4 Å². The van der Waals surface area contributed by atoms with Gasteiger partial charge in [-0.15, -0.1) is 12.4 Å². The van der Waals surface area contributed by atoms with Crippen molar-refractivity contribution in [1.29, 1.82) is 0 Å². The molecule has 1 amide bonds. The molecule has 42 heavy (non-hydrogen) atoms. The third-order valence-electron chi connectivity index (χ3n) is 7.27. The number of halogens is 5. The minimum absolute atomic E-state index is 0. The topological polar surface area (TPSA) is 73.3 Å². The van der Waals surface area contributed by atoms with Crippen LogP contribution in [0.25, 0.3) is 0 Å². The number of nitrogens with zero attached hydrogens (tertiary/aromatic N) is 3. The molecule has 0 radical (unpaired) electrons. The Hall–Kier alpha value is -3.22. The summed E-state index contributed by atoms with van der Waals surface area (Å²) in [6.07, 6.45) is -5.93. The fourth-order valence-corrected chi connectivity index (χ4v) is 5.93. The molecule has 13 heteroatoms. The number of piperidine rings is 1. The highest BCUT2D eigenvalue weighted by molar-refractivity contribution is 7.80. The number of rotatable bonds is 6. The number of carbonyl (C=O) groups excluding carboxylic acids is 1. The van der Waals surface area contributed by atoms with Gasteiger partial charge in [-0.2, -0.15) is 13.2 Å². The van der Waals surface area contributed by atoms with Crippen LogP contribution in [0.2, 0.25) is 0 Å². The zero-order chi connectivity index (χ0) is 30.1. The standard InChI is InChI=1S/C29H31F4N3O4S.ClH/c1-17(2)40-26(37)24-18(3)35(28(38)39)27(41)36(25(24)22-6-4-5-7-23(22)29(31,32)33)21-12-14-34(15-13-21)16-19-8-10-20(30)11-9-19;/h4-11,17,21,25H,12-16H2,1-3H3,(H,38,39);1H/t25-;/m0./s1.